The quantitative estimate of drug-likeness (QED) is 0.700. The maximum atomic E-state index is 11.5. The third-order valence-corrected chi connectivity index (χ3v) is 2.70. The number of hydrogen-bond donors (Lipinski definition) is 2. The molecule has 0 spiro atoms. The zero-order valence-corrected chi connectivity index (χ0v) is 15.3. The zero-order chi connectivity index (χ0) is 18.1. The van der Waals surface area contributed by atoms with Gasteiger partial charge in [-0.3, -0.25) is 0 Å². The fourth-order valence-electron chi connectivity index (χ4n) is 1.73. The van der Waals surface area contributed by atoms with Crippen LogP contribution in [-0.4, -0.2) is 36.5 Å². The van der Waals surface area contributed by atoms with E-state index in [0.717, 1.165) is 12.8 Å². The minimum Gasteiger partial charge on any atom is -0.444 e. The van der Waals surface area contributed by atoms with Gasteiger partial charge in [0, 0.05) is 13.1 Å². The number of amides is 2. The van der Waals surface area contributed by atoms with Crippen LogP contribution in [0.3, 0.4) is 0 Å². The molecular weight excluding hydrogens is 296 g/mol. The van der Waals surface area contributed by atoms with E-state index in [1.807, 2.05) is 47.6 Å². The van der Waals surface area contributed by atoms with Crippen LogP contribution in [0.5, 0.6) is 0 Å². The first-order chi connectivity index (χ1) is 10.4. The summed E-state index contributed by atoms with van der Waals surface area (Å²) in [6.45, 7) is 15.7. The first-order valence-corrected chi connectivity index (χ1v) is 7.99. The summed E-state index contributed by atoms with van der Waals surface area (Å²) in [7, 11) is 0. The minimum absolute atomic E-state index is 0.194. The van der Waals surface area contributed by atoms with Crippen molar-refractivity contribution in [1.82, 2.24) is 10.6 Å². The molecule has 0 aliphatic carbocycles. The van der Waals surface area contributed by atoms with E-state index in [0.29, 0.717) is 13.1 Å². The maximum Gasteiger partial charge on any atom is 0.407 e. The SMILES string of the molecule is C=CC(CCNC(=O)OC(C)(C)C)CCNC(=O)OC(C)(C)C. The molecule has 0 aromatic carbocycles. The van der Waals surface area contributed by atoms with Crippen LogP contribution >= 0.6 is 0 Å². The molecule has 2 N–H and O–H groups in total. The molecule has 2 amide bonds. The molecule has 23 heavy (non-hydrogen) atoms. The predicted molar refractivity (Wildman–Crippen MR) is 91.4 cm³/mol. The summed E-state index contributed by atoms with van der Waals surface area (Å²) in [6, 6.07) is 0. The fourth-order valence-corrected chi connectivity index (χ4v) is 1.73. The molecular formula is C17H32N2O4. The minimum atomic E-state index is -0.501. The van der Waals surface area contributed by atoms with Crippen LogP contribution in [0.25, 0.3) is 0 Å². The fraction of sp³-hybridized carbons (Fsp3) is 0.765. The highest BCUT2D eigenvalue weighted by Crippen LogP contribution is 2.10. The van der Waals surface area contributed by atoms with Crippen LogP contribution in [0, 0.1) is 5.92 Å². The highest BCUT2D eigenvalue weighted by molar-refractivity contribution is 5.67. The largest absolute Gasteiger partial charge is 0.444 e. The molecule has 0 aromatic heterocycles. The molecule has 0 atom stereocenters. The molecule has 0 fully saturated rings. The van der Waals surface area contributed by atoms with E-state index in [9.17, 15) is 9.59 Å². The van der Waals surface area contributed by atoms with Crippen molar-refractivity contribution >= 4 is 12.2 Å². The Bertz CT molecular complexity index is 360. The third-order valence-electron chi connectivity index (χ3n) is 2.70. The Kier molecular flexibility index (Phi) is 8.72. The van der Waals surface area contributed by atoms with Crippen LogP contribution in [0.4, 0.5) is 9.59 Å². The van der Waals surface area contributed by atoms with Crippen molar-refractivity contribution in [3.8, 4) is 0 Å². The summed E-state index contributed by atoms with van der Waals surface area (Å²) in [4.78, 5) is 23.1. The number of ether oxygens (including phenoxy) is 2. The molecule has 0 unspecified atom stereocenters. The van der Waals surface area contributed by atoms with Crippen molar-refractivity contribution < 1.29 is 19.1 Å². The number of allylic oxidation sites excluding steroid dienone is 1. The molecule has 0 heterocycles. The molecule has 0 rings (SSSR count). The molecule has 0 aliphatic rings. The van der Waals surface area contributed by atoms with Gasteiger partial charge in [-0.2, -0.15) is 0 Å². The Morgan fingerprint density at radius 1 is 0.913 bits per heavy atom. The van der Waals surface area contributed by atoms with E-state index >= 15 is 0 Å². The highest BCUT2D eigenvalue weighted by atomic mass is 16.6. The summed E-state index contributed by atoms with van der Waals surface area (Å²) in [5.41, 5.74) is -1.00. The average Bonchev–Trinajstić information content (AvgIpc) is 2.32. The van der Waals surface area contributed by atoms with E-state index in [-0.39, 0.29) is 5.92 Å². The summed E-state index contributed by atoms with van der Waals surface area (Å²) in [5.74, 6) is 0.194. The molecule has 0 aliphatic heterocycles. The van der Waals surface area contributed by atoms with Gasteiger partial charge in [0.1, 0.15) is 11.2 Å². The van der Waals surface area contributed by atoms with Crippen LogP contribution < -0.4 is 10.6 Å². The molecule has 0 saturated carbocycles. The second kappa shape index (κ2) is 9.43. The Hall–Kier alpha value is -1.72. The van der Waals surface area contributed by atoms with E-state index in [2.05, 4.69) is 17.2 Å². The van der Waals surface area contributed by atoms with Crippen molar-refractivity contribution in [3.05, 3.63) is 12.7 Å². The van der Waals surface area contributed by atoms with Crippen molar-refractivity contribution in [2.75, 3.05) is 13.1 Å². The van der Waals surface area contributed by atoms with E-state index in [1.54, 1.807) is 0 Å². The Labute approximate surface area is 140 Å². The molecule has 0 radical (unpaired) electrons. The first kappa shape index (κ1) is 21.3. The Morgan fingerprint density at radius 2 is 1.26 bits per heavy atom. The number of carbonyl (C=O) groups is 2. The van der Waals surface area contributed by atoms with Crippen molar-refractivity contribution in [3.63, 3.8) is 0 Å². The summed E-state index contributed by atoms with van der Waals surface area (Å²) >= 11 is 0. The maximum absolute atomic E-state index is 11.5. The van der Waals surface area contributed by atoms with Gasteiger partial charge in [0.15, 0.2) is 0 Å². The number of hydrogen-bond acceptors (Lipinski definition) is 4. The smallest absolute Gasteiger partial charge is 0.407 e. The number of carbonyl (C=O) groups excluding carboxylic acids is 2. The molecule has 0 bridgehead atoms. The lowest BCUT2D eigenvalue weighted by Gasteiger charge is -2.21. The van der Waals surface area contributed by atoms with E-state index < -0.39 is 23.4 Å². The van der Waals surface area contributed by atoms with Gasteiger partial charge in [-0.05, 0) is 60.3 Å². The highest BCUT2D eigenvalue weighted by Gasteiger charge is 2.17. The van der Waals surface area contributed by atoms with Crippen molar-refractivity contribution in [1.29, 1.82) is 0 Å². The number of nitrogens with one attached hydrogen (secondary N) is 2. The first-order valence-electron chi connectivity index (χ1n) is 7.99. The standard InChI is InChI=1S/C17H32N2O4/c1-8-13(9-11-18-14(20)22-16(2,3)4)10-12-19-15(21)23-17(5,6)7/h8,13H,1,9-12H2,2-7H3,(H,18,20)(H,19,21). The Balaban J connectivity index is 3.93. The van der Waals surface area contributed by atoms with Crippen LogP contribution in [-0.2, 0) is 9.47 Å². The monoisotopic (exact) mass is 328 g/mol. The topological polar surface area (TPSA) is 76.7 Å². The summed E-state index contributed by atoms with van der Waals surface area (Å²) in [5, 5.41) is 5.43. The van der Waals surface area contributed by atoms with Crippen molar-refractivity contribution in [2.24, 2.45) is 5.92 Å². The van der Waals surface area contributed by atoms with Gasteiger partial charge in [0.2, 0.25) is 0 Å². The van der Waals surface area contributed by atoms with Gasteiger partial charge in [-0.15, -0.1) is 6.58 Å². The van der Waals surface area contributed by atoms with Gasteiger partial charge in [0.25, 0.3) is 0 Å². The van der Waals surface area contributed by atoms with E-state index in [4.69, 9.17) is 9.47 Å². The van der Waals surface area contributed by atoms with Gasteiger partial charge >= 0.3 is 12.2 Å². The average molecular weight is 328 g/mol. The predicted octanol–water partition coefficient (Wildman–Crippen LogP) is 3.62. The second-order valence-electron chi connectivity index (χ2n) is 7.43. The number of alkyl carbamates (subject to hydrolysis) is 2. The third kappa shape index (κ3) is 13.7. The van der Waals surface area contributed by atoms with Gasteiger partial charge < -0.3 is 20.1 Å². The van der Waals surface area contributed by atoms with Crippen LogP contribution in [0.15, 0.2) is 12.7 Å². The summed E-state index contributed by atoms with van der Waals surface area (Å²) in [6.07, 6.45) is 2.45. The normalized spacial score (nSPS) is 11.8. The zero-order valence-electron chi connectivity index (χ0n) is 15.3. The second-order valence-corrected chi connectivity index (χ2v) is 7.43. The summed E-state index contributed by atoms with van der Waals surface area (Å²) < 4.78 is 10.3. The van der Waals surface area contributed by atoms with Gasteiger partial charge in [-0.25, -0.2) is 9.59 Å². The molecule has 0 saturated heterocycles. The molecule has 6 heteroatoms. The van der Waals surface area contributed by atoms with Crippen LogP contribution in [0.2, 0.25) is 0 Å². The van der Waals surface area contributed by atoms with Gasteiger partial charge in [0.05, 0.1) is 0 Å². The lowest BCUT2D eigenvalue weighted by molar-refractivity contribution is 0.0519. The Morgan fingerprint density at radius 3 is 1.52 bits per heavy atom. The van der Waals surface area contributed by atoms with Crippen molar-refractivity contribution in [2.45, 2.75) is 65.6 Å². The lowest BCUT2D eigenvalue weighted by Crippen LogP contribution is -2.34. The van der Waals surface area contributed by atoms with E-state index in [1.165, 1.54) is 0 Å². The molecule has 0 aromatic rings. The lowest BCUT2D eigenvalue weighted by atomic mass is 10.0. The molecule has 6 nitrogen and oxygen atoms in total. The van der Waals surface area contributed by atoms with Crippen LogP contribution in [0.1, 0.15) is 54.4 Å². The van der Waals surface area contributed by atoms with Gasteiger partial charge in [-0.1, -0.05) is 6.08 Å². The molecule has 134 valence electrons. The number of rotatable bonds is 7.